The van der Waals surface area contributed by atoms with E-state index in [1.807, 2.05) is 13.8 Å². The van der Waals surface area contributed by atoms with E-state index in [1.165, 1.54) is 0 Å². The lowest BCUT2D eigenvalue weighted by molar-refractivity contribution is 0.420. The van der Waals surface area contributed by atoms with Crippen molar-refractivity contribution in [1.29, 1.82) is 0 Å². The molecule has 1 N–H and O–H groups in total. The lowest BCUT2D eigenvalue weighted by atomic mass is 10.3. The molecule has 0 rings (SSSR count). The molecule has 0 spiro atoms. The van der Waals surface area contributed by atoms with Crippen LogP contribution in [-0.4, -0.2) is 6.04 Å². The molecular formula is C7H11F2N. The summed E-state index contributed by atoms with van der Waals surface area (Å²) in [6.45, 7) is 7.08. The highest BCUT2D eigenvalue weighted by Gasteiger charge is 1.94. The van der Waals surface area contributed by atoms with Gasteiger partial charge >= 0.3 is 0 Å². The Bertz CT molecular complexity index is 146. The molecule has 1 nitrogen and oxygen atoms in total. The molecular weight excluding hydrogens is 136 g/mol. The summed E-state index contributed by atoms with van der Waals surface area (Å²) in [5.74, 6) is 0. The van der Waals surface area contributed by atoms with Gasteiger partial charge in [-0.2, -0.15) is 8.78 Å². The smallest absolute Gasteiger partial charge is 0.272 e. The van der Waals surface area contributed by atoms with Crippen LogP contribution in [0.3, 0.4) is 0 Å². The van der Waals surface area contributed by atoms with Crippen molar-refractivity contribution < 1.29 is 8.78 Å². The van der Waals surface area contributed by atoms with Gasteiger partial charge in [-0.3, -0.25) is 0 Å². The third kappa shape index (κ3) is 5.28. The van der Waals surface area contributed by atoms with Crippen molar-refractivity contribution in [3.8, 4) is 0 Å². The summed E-state index contributed by atoms with van der Waals surface area (Å²) in [5.41, 5.74) is 0.245. The number of hydrogen-bond acceptors (Lipinski definition) is 1. The highest BCUT2D eigenvalue weighted by atomic mass is 19.3. The average molecular weight is 147 g/mol. The van der Waals surface area contributed by atoms with Gasteiger partial charge in [0.25, 0.3) is 6.08 Å². The van der Waals surface area contributed by atoms with Crippen LogP contribution < -0.4 is 5.32 Å². The molecule has 0 aromatic heterocycles. The molecule has 0 bridgehead atoms. The molecule has 0 aromatic carbocycles. The molecule has 58 valence electrons. The summed E-state index contributed by atoms with van der Waals surface area (Å²) in [7, 11) is 0. The van der Waals surface area contributed by atoms with Gasteiger partial charge < -0.3 is 5.32 Å². The van der Waals surface area contributed by atoms with Gasteiger partial charge in [-0.1, -0.05) is 6.58 Å². The zero-order valence-electron chi connectivity index (χ0n) is 6.12. The Hall–Kier alpha value is -0.860. The molecule has 0 unspecified atom stereocenters. The Morgan fingerprint density at radius 1 is 1.50 bits per heavy atom. The number of rotatable bonds is 3. The standard InChI is InChI=1S/C7H11F2N/c1-5(2)10-6(3)4-7(8)9/h4-5,10H,3H2,1-2H3. The first kappa shape index (κ1) is 9.14. The van der Waals surface area contributed by atoms with Gasteiger partial charge in [0.05, 0.1) is 0 Å². The van der Waals surface area contributed by atoms with Crippen molar-refractivity contribution in [2.45, 2.75) is 19.9 Å². The molecule has 0 saturated carbocycles. The van der Waals surface area contributed by atoms with E-state index in [2.05, 4.69) is 11.9 Å². The van der Waals surface area contributed by atoms with Crippen molar-refractivity contribution in [3.63, 3.8) is 0 Å². The SMILES string of the molecule is C=C(C=C(F)F)NC(C)C. The summed E-state index contributed by atoms with van der Waals surface area (Å²) < 4.78 is 23.0. The molecule has 0 aliphatic carbocycles. The van der Waals surface area contributed by atoms with Crippen LogP contribution in [-0.2, 0) is 0 Å². The highest BCUT2D eigenvalue weighted by Crippen LogP contribution is 2.00. The van der Waals surface area contributed by atoms with Crippen LogP contribution in [0.2, 0.25) is 0 Å². The largest absolute Gasteiger partial charge is 0.383 e. The minimum absolute atomic E-state index is 0.142. The average Bonchev–Trinajstić information content (AvgIpc) is 1.58. The summed E-state index contributed by atoms with van der Waals surface area (Å²) >= 11 is 0. The summed E-state index contributed by atoms with van der Waals surface area (Å²) in [5, 5.41) is 2.72. The first-order valence-electron chi connectivity index (χ1n) is 3.00. The third-order valence-electron chi connectivity index (χ3n) is 0.757. The van der Waals surface area contributed by atoms with E-state index in [9.17, 15) is 8.78 Å². The van der Waals surface area contributed by atoms with E-state index in [4.69, 9.17) is 0 Å². The zero-order valence-corrected chi connectivity index (χ0v) is 6.12. The topological polar surface area (TPSA) is 12.0 Å². The lowest BCUT2D eigenvalue weighted by Gasteiger charge is -2.07. The molecule has 0 aromatic rings. The molecule has 0 saturated heterocycles. The molecule has 0 aliphatic heterocycles. The Kier molecular flexibility index (Phi) is 3.69. The van der Waals surface area contributed by atoms with Crippen LogP contribution in [0.5, 0.6) is 0 Å². The van der Waals surface area contributed by atoms with Crippen molar-refractivity contribution >= 4 is 0 Å². The molecule has 0 radical (unpaired) electrons. The van der Waals surface area contributed by atoms with Gasteiger partial charge in [0.2, 0.25) is 0 Å². The van der Waals surface area contributed by atoms with Crippen LogP contribution >= 0.6 is 0 Å². The number of nitrogens with one attached hydrogen (secondary N) is 1. The van der Waals surface area contributed by atoms with E-state index in [0.29, 0.717) is 6.08 Å². The zero-order chi connectivity index (χ0) is 8.15. The lowest BCUT2D eigenvalue weighted by Crippen LogP contribution is -2.20. The Morgan fingerprint density at radius 2 is 2.00 bits per heavy atom. The summed E-state index contributed by atoms with van der Waals surface area (Å²) in [4.78, 5) is 0. The third-order valence-corrected chi connectivity index (χ3v) is 0.757. The predicted octanol–water partition coefficient (Wildman–Crippen LogP) is 2.28. The van der Waals surface area contributed by atoms with Gasteiger partial charge in [0.1, 0.15) is 0 Å². The maximum absolute atomic E-state index is 11.5. The van der Waals surface area contributed by atoms with E-state index < -0.39 is 6.08 Å². The molecule has 0 atom stereocenters. The monoisotopic (exact) mass is 147 g/mol. The fourth-order valence-corrected chi connectivity index (χ4v) is 0.544. The van der Waals surface area contributed by atoms with Gasteiger partial charge in [0, 0.05) is 17.8 Å². The fraction of sp³-hybridized carbons (Fsp3) is 0.429. The van der Waals surface area contributed by atoms with Crippen molar-refractivity contribution in [2.75, 3.05) is 0 Å². The molecule has 0 amide bonds. The maximum atomic E-state index is 11.5. The highest BCUT2D eigenvalue weighted by molar-refractivity contribution is 5.12. The fourth-order valence-electron chi connectivity index (χ4n) is 0.544. The quantitative estimate of drug-likeness (QED) is 0.604. The van der Waals surface area contributed by atoms with Crippen LogP contribution in [0.15, 0.2) is 24.4 Å². The molecule has 0 aliphatic rings. The second kappa shape index (κ2) is 4.04. The molecule has 10 heavy (non-hydrogen) atoms. The van der Waals surface area contributed by atoms with E-state index in [-0.39, 0.29) is 11.7 Å². The van der Waals surface area contributed by atoms with Gasteiger partial charge in [-0.15, -0.1) is 0 Å². The molecule has 0 fully saturated rings. The maximum Gasteiger partial charge on any atom is 0.272 e. The normalized spacial score (nSPS) is 9.30. The van der Waals surface area contributed by atoms with Crippen LogP contribution in [0.1, 0.15) is 13.8 Å². The van der Waals surface area contributed by atoms with Gasteiger partial charge in [-0.25, -0.2) is 0 Å². The van der Waals surface area contributed by atoms with E-state index >= 15 is 0 Å². The Morgan fingerprint density at radius 3 is 2.30 bits per heavy atom. The predicted molar refractivity (Wildman–Crippen MR) is 37.7 cm³/mol. The molecule has 3 heteroatoms. The summed E-state index contributed by atoms with van der Waals surface area (Å²) in [6, 6.07) is 0.142. The number of halogens is 2. The minimum atomic E-state index is -1.72. The van der Waals surface area contributed by atoms with Crippen molar-refractivity contribution in [3.05, 3.63) is 24.4 Å². The summed E-state index contributed by atoms with van der Waals surface area (Å²) in [6.07, 6.45) is -1.02. The number of allylic oxidation sites excluding steroid dienone is 1. The van der Waals surface area contributed by atoms with Crippen LogP contribution in [0.25, 0.3) is 0 Å². The van der Waals surface area contributed by atoms with Crippen LogP contribution in [0.4, 0.5) is 8.78 Å². The Labute approximate surface area is 59.4 Å². The number of hydrogen-bond donors (Lipinski definition) is 1. The Balaban J connectivity index is 3.76. The van der Waals surface area contributed by atoms with E-state index in [1.54, 1.807) is 0 Å². The minimum Gasteiger partial charge on any atom is -0.383 e. The first-order chi connectivity index (χ1) is 4.52. The van der Waals surface area contributed by atoms with Crippen LogP contribution in [0, 0.1) is 0 Å². The van der Waals surface area contributed by atoms with E-state index in [0.717, 1.165) is 0 Å². The van der Waals surface area contributed by atoms with Gasteiger partial charge in [0.15, 0.2) is 0 Å². The molecule has 0 heterocycles. The second-order valence-corrected chi connectivity index (χ2v) is 2.26. The first-order valence-corrected chi connectivity index (χ1v) is 3.00. The van der Waals surface area contributed by atoms with Gasteiger partial charge in [-0.05, 0) is 13.8 Å². The second-order valence-electron chi connectivity index (χ2n) is 2.26. The van der Waals surface area contributed by atoms with Crippen molar-refractivity contribution in [1.82, 2.24) is 5.32 Å². The van der Waals surface area contributed by atoms with Crippen molar-refractivity contribution in [2.24, 2.45) is 0 Å².